The molecule has 100 valence electrons. The van der Waals surface area contributed by atoms with Crippen LogP contribution in [0.15, 0.2) is 24.4 Å². The van der Waals surface area contributed by atoms with Gasteiger partial charge in [-0.15, -0.1) is 0 Å². The number of Topliss-reactive ketones (excluding diaryl/α,β-unsaturated/α-hetero) is 1. The molecule has 5 rings (SSSR count). The number of carbonyl (C=O) groups excluding carboxylic acids is 1. The van der Waals surface area contributed by atoms with Gasteiger partial charge >= 0.3 is 0 Å². The zero-order valence-corrected chi connectivity index (χ0v) is 11.6. The quantitative estimate of drug-likeness (QED) is 0.642. The number of nitrogens with zero attached hydrogens (tertiary/aromatic N) is 1. The Bertz CT molecular complexity index is 502. The molecule has 4 saturated heterocycles. The van der Waals surface area contributed by atoms with Crippen molar-refractivity contribution in [3.8, 4) is 0 Å². The van der Waals surface area contributed by atoms with Gasteiger partial charge in [-0.2, -0.15) is 0 Å². The normalized spacial score (nSPS) is 47.7. The largest absolute Gasteiger partial charge is 0.297 e. The van der Waals surface area contributed by atoms with Crippen LogP contribution in [0.5, 0.6) is 0 Å². The van der Waals surface area contributed by atoms with Gasteiger partial charge in [-0.1, -0.05) is 6.07 Å². The minimum Gasteiger partial charge on any atom is -0.297 e. The summed E-state index contributed by atoms with van der Waals surface area (Å²) in [7, 11) is 0. The molecule has 1 aromatic rings. The molecule has 4 heteroatoms. The van der Waals surface area contributed by atoms with Crippen LogP contribution >= 0.6 is 0 Å². The highest BCUT2D eigenvalue weighted by Gasteiger charge is 2.68. The predicted octanol–water partition coefficient (Wildman–Crippen LogP) is -1.53. The highest BCUT2D eigenvalue weighted by molar-refractivity contribution is 5.91. The van der Waals surface area contributed by atoms with Crippen LogP contribution < -0.4 is 9.80 Å². The van der Waals surface area contributed by atoms with Gasteiger partial charge < -0.3 is 0 Å². The van der Waals surface area contributed by atoms with Gasteiger partial charge in [-0.3, -0.25) is 14.6 Å². The second-order valence-corrected chi connectivity index (χ2v) is 7.16. The van der Waals surface area contributed by atoms with Gasteiger partial charge in [0, 0.05) is 6.20 Å². The average Bonchev–Trinajstić information content (AvgIpc) is 2.36. The molecular weight excluding hydrogens is 238 g/mol. The molecule has 0 radical (unpaired) electrons. The Morgan fingerprint density at radius 2 is 1.68 bits per heavy atom. The third kappa shape index (κ3) is 1.41. The summed E-state index contributed by atoms with van der Waals surface area (Å²) in [5.74, 6) is 0.506. The van der Waals surface area contributed by atoms with Gasteiger partial charge in [-0.05, 0) is 26.0 Å². The van der Waals surface area contributed by atoms with E-state index < -0.39 is 0 Å². The summed E-state index contributed by atoms with van der Waals surface area (Å²) in [6, 6.07) is 6.18. The number of nitrogens with one attached hydrogen (secondary N) is 2. The lowest BCUT2D eigenvalue weighted by Gasteiger charge is -2.58. The smallest absolute Gasteiger partial charge is 0.257 e. The topological polar surface area (TPSA) is 38.8 Å². The van der Waals surface area contributed by atoms with E-state index in [2.05, 4.69) is 31.0 Å². The number of quaternary nitrogens is 2. The monoisotopic (exact) mass is 259 g/mol. The number of hydrogen-bond acceptors (Lipinski definition) is 2. The Morgan fingerprint density at radius 3 is 2.16 bits per heavy atom. The summed E-state index contributed by atoms with van der Waals surface area (Å²) in [6.07, 6.45) is 2.31. The van der Waals surface area contributed by atoms with E-state index in [0.717, 1.165) is 26.2 Å². The maximum Gasteiger partial charge on any atom is 0.257 e. The van der Waals surface area contributed by atoms with Crippen LogP contribution in [0.4, 0.5) is 0 Å². The predicted molar refractivity (Wildman–Crippen MR) is 69.6 cm³/mol. The Labute approximate surface area is 113 Å². The van der Waals surface area contributed by atoms with Gasteiger partial charge in [-0.25, -0.2) is 4.98 Å². The molecule has 0 amide bonds. The second kappa shape index (κ2) is 3.44. The summed E-state index contributed by atoms with van der Waals surface area (Å²) in [5, 5.41) is 0. The molecular formula is C15H21N3O+2. The number of ketones is 1. The fraction of sp³-hybridized carbons (Fsp3) is 0.600. The number of piperidine rings is 2. The molecule has 4 bridgehead atoms. The van der Waals surface area contributed by atoms with Gasteiger partial charge in [0.2, 0.25) is 0 Å². The van der Waals surface area contributed by atoms with Gasteiger partial charge in [0.15, 0.2) is 11.5 Å². The van der Waals surface area contributed by atoms with Crippen molar-refractivity contribution < 1.29 is 14.6 Å². The number of aromatic nitrogens is 1. The number of rotatable bonds is 1. The molecule has 0 spiro atoms. The number of hydrogen-bond donors (Lipinski definition) is 2. The van der Waals surface area contributed by atoms with Gasteiger partial charge in [0.05, 0.1) is 0 Å². The summed E-state index contributed by atoms with van der Waals surface area (Å²) in [4.78, 5) is 20.3. The molecule has 1 aromatic heterocycles. The summed E-state index contributed by atoms with van der Waals surface area (Å²) in [6.45, 7) is 8.25. The highest BCUT2D eigenvalue weighted by atomic mass is 16.1. The van der Waals surface area contributed by atoms with E-state index in [-0.39, 0.29) is 10.8 Å². The number of carbonyl (C=O) groups is 1. The Kier molecular flexibility index (Phi) is 2.09. The first-order valence-electron chi connectivity index (χ1n) is 7.17. The van der Waals surface area contributed by atoms with Crippen molar-refractivity contribution in [2.45, 2.75) is 20.0 Å². The molecule has 19 heavy (non-hydrogen) atoms. The first kappa shape index (κ1) is 11.6. The van der Waals surface area contributed by atoms with Gasteiger partial charge in [0.25, 0.3) is 6.17 Å². The lowest BCUT2D eigenvalue weighted by Crippen LogP contribution is -3.41. The highest BCUT2D eigenvalue weighted by Crippen LogP contribution is 2.35. The SMILES string of the molecule is CC12C[NH+]3CC(C)(C[NH+](C1)C3c1ccccn1)C2=O. The van der Waals surface area contributed by atoms with E-state index in [0.29, 0.717) is 11.9 Å². The van der Waals surface area contributed by atoms with Crippen LogP contribution in [0.25, 0.3) is 0 Å². The van der Waals surface area contributed by atoms with Gasteiger partial charge in [0.1, 0.15) is 37.0 Å². The lowest BCUT2D eigenvalue weighted by molar-refractivity contribution is -1.18. The van der Waals surface area contributed by atoms with Crippen LogP contribution in [0.3, 0.4) is 0 Å². The molecule has 2 N–H and O–H groups in total. The fourth-order valence-electron chi connectivity index (χ4n) is 4.97. The third-order valence-corrected chi connectivity index (χ3v) is 5.37. The zero-order chi connectivity index (χ0) is 13.3. The van der Waals surface area contributed by atoms with Crippen molar-refractivity contribution in [2.24, 2.45) is 10.8 Å². The third-order valence-electron chi connectivity index (χ3n) is 5.37. The van der Waals surface area contributed by atoms with Crippen molar-refractivity contribution in [1.29, 1.82) is 0 Å². The van der Waals surface area contributed by atoms with Crippen molar-refractivity contribution >= 4 is 5.78 Å². The number of pyridine rings is 1. The van der Waals surface area contributed by atoms with Crippen molar-refractivity contribution in [3.05, 3.63) is 30.1 Å². The second-order valence-electron chi connectivity index (χ2n) is 7.16. The maximum absolute atomic E-state index is 12.6. The molecule has 4 aliphatic rings. The molecule has 4 nitrogen and oxygen atoms in total. The zero-order valence-electron chi connectivity index (χ0n) is 11.6. The summed E-state index contributed by atoms with van der Waals surface area (Å²) < 4.78 is 0. The Hall–Kier alpha value is -1.26. The molecule has 0 unspecified atom stereocenters. The van der Waals surface area contributed by atoms with Crippen LogP contribution in [0.1, 0.15) is 25.7 Å². The fourth-order valence-corrected chi connectivity index (χ4v) is 4.97. The Morgan fingerprint density at radius 1 is 1.11 bits per heavy atom. The molecule has 4 fully saturated rings. The molecule has 4 aliphatic heterocycles. The molecule has 0 saturated carbocycles. The maximum atomic E-state index is 12.6. The van der Waals surface area contributed by atoms with E-state index in [1.807, 2.05) is 12.3 Å². The van der Waals surface area contributed by atoms with Crippen LogP contribution in [-0.2, 0) is 4.79 Å². The van der Waals surface area contributed by atoms with Crippen LogP contribution in [-0.4, -0.2) is 36.9 Å². The molecule has 0 atom stereocenters. The van der Waals surface area contributed by atoms with Crippen molar-refractivity contribution in [1.82, 2.24) is 4.98 Å². The van der Waals surface area contributed by atoms with Crippen molar-refractivity contribution in [3.63, 3.8) is 0 Å². The molecule has 5 heterocycles. The lowest BCUT2D eigenvalue weighted by atomic mass is 9.62. The van der Waals surface area contributed by atoms with E-state index in [9.17, 15) is 4.79 Å². The first-order chi connectivity index (χ1) is 9.02. The summed E-state index contributed by atoms with van der Waals surface area (Å²) >= 11 is 0. The van der Waals surface area contributed by atoms with E-state index in [1.54, 1.807) is 9.80 Å². The van der Waals surface area contributed by atoms with Crippen molar-refractivity contribution in [2.75, 3.05) is 26.2 Å². The Balaban J connectivity index is 1.76. The minimum absolute atomic E-state index is 0.110. The standard InChI is InChI=1S/C15H19N3O/c1-14-7-17-9-15(2,13(14)19)10-18(8-14)12(17)11-5-3-4-6-16-11/h3-6,12H,7-10H2,1-2H3/p+2. The van der Waals surface area contributed by atoms with E-state index in [1.165, 1.54) is 5.69 Å². The first-order valence-corrected chi connectivity index (χ1v) is 7.17. The minimum atomic E-state index is -0.110. The summed E-state index contributed by atoms with van der Waals surface area (Å²) in [5.41, 5.74) is 0.966. The molecule has 0 aromatic carbocycles. The average molecular weight is 259 g/mol. The van der Waals surface area contributed by atoms with E-state index in [4.69, 9.17) is 0 Å². The molecule has 0 aliphatic carbocycles. The van der Waals surface area contributed by atoms with Crippen LogP contribution in [0.2, 0.25) is 0 Å². The van der Waals surface area contributed by atoms with E-state index >= 15 is 0 Å². The van der Waals surface area contributed by atoms with Crippen LogP contribution in [0, 0.1) is 10.8 Å².